The summed E-state index contributed by atoms with van der Waals surface area (Å²) in [4.78, 5) is 4.36. The fourth-order valence-electron chi connectivity index (χ4n) is 2.19. The molecule has 1 heterocycles. The smallest absolute Gasteiger partial charge is 0.0997 e. The lowest BCUT2D eigenvalue weighted by atomic mass is 10.1. The Morgan fingerprint density at radius 1 is 1.21 bits per heavy atom. The van der Waals surface area contributed by atoms with Crippen molar-refractivity contribution in [2.45, 2.75) is 40.7 Å². The van der Waals surface area contributed by atoms with Crippen LogP contribution in [0.1, 0.15) is 35.9 Å². The van der Waals surface area contributed by atoms with Gasteiger partial charge in [-0.2, -0.15) is 0 Å². The molecule has 0 radical (unpaired) electrons. The van der Waals surface area contributed by atoms with Gasteiger partial charge in [-0.25, -0.2) is 4.98 Å². The second kappa shape index (κ2) is 6.02. The van der Waals surface area contributed by atoms with Gasteiger partial charge in [-0.05, 0) is 57.0 Å². The minimum Gasteiger partial charge on any atom is -0.313 e. The third kappa shape index (κ3) is 3.04. The number of hydrogen-bond acceptors (Lipinski definition) is 2. The molecule has 0 spiro atoms. The Hall–Kier alpha value is -1.61. The zero-order valence-electron chi connectivity index (χ0n) is 12.3. The molecule has 2 aromatic rings. The van der Waals surface area contributed by atoms with Crippen molar-refractivity contribution in [3.05, 3.63) is 47.0 Å². The molecule has 0 saturated heterocycles. The Morgan fingerprint density at radius 2 is 2.00 bits per heavy atom. The fourth-order valence-corrected chi connectivity index (χ4v) is 2.19. The SMILES string of the molecule is CCCNCc1ccc(-n2cnc(C)c2C)cc1C. The zero-order chi connectivity index (χ0) is 13.8. The monoisotopic (exact) mass is 257 g/mol. The Labute approximate surface area is 115 Å². The zero-order valence-corrected chi connectivity index (χ0v) is 12.3. The van der Waals surface area contributed by atoms with Gasteiger partial charge in [-0.3, -0.25) is 0 Å². The third-order valence-electron chi connectivity index (χ3n) is 3.60. The van der Waals surface area contributed by atoms with Crippen molar-refractivity contribution in [1.29, 1.82) is 0 Å². The summed E-state index contributed by atoms with van der Waals surface area (Å²) in [7, 11) is 0. The van der Waals surface area contributed by atoms with E-state index < -0.39 is 0 Å². The summed E-state index contributed by atoms with van der Waals surface area (Å²) < 4.78 is 2.14. The maximum Gasteiger partial charge on any atom is 0.0997 e. The van der Waals surface area contributed by atoms with Gasteiger partial charge >= 0.3 is 0 Å². The Bertz CT molecular complexity index is 555. The maximum atomic E-state index is 4.36. The molecule has 1 N–H and O–H groups in total. The number of aryl methyl sites for hydroxylation is 2. The van der Waals surface area contributed by atoms with Crippen molar-refractivity contribution < 1.29 is 0 Å². The van der Waals surface area contributed by atoms with E-state index in [1.807, 2.05) is 13.3 Å². The van der Waals surface area contributed by atoms with Gasteiger partial charge in [0.25, 0.3) is 0 Å². The molecule has 0 bridgehead atoms. The molecule has 2 rings (SSSR count). The molecule has 1 aromatic heterocycles. The predicted molar refractivity (Wildman–Crippen MR) is 79.8 cm³/mol. The lowest BCUT2D eigenvalue weighted by molar-refractivity contribution is 0.673. The van der Waals surface area contributed by atoms with Crippen molar-refractivity contribution in [3.8, 4) is 5.69 Å². The van der Waals surface area contributed by atoms with Crippen LogP contribution < -0.4 is 5.32 Å². The average molecular weight is 257 g/mol. The van der Waals surface area contributed by atoms with Crippen LogP contribution >= 0.6 is 0 Å². The molecule has 102 valence electrons. The summed E-state index contributed by atoms with van der Waals surface area (Å²) in [5.41, 5.74) is 6.18. The van der Waals surface area contributed by atoms with E-state index in [-0.39, 0.29) is 0 Å². The van der Waals surface area contributed by atoms with E-state index in [1.54, 1.807) is 0 Å². The molecule has 0 aliphatic rings. The van der Waals surface area contributed by atoms with Crippen LogP contribution in [0.15, 0.2) is 24.5 Å². The summed E-state index contributed by atoms with van der Waals surface area (Å²) in [5, 5.41) is 3.45. The van der Waals surface area contributed by atoms with Crippen molar-refractivity contribution in [2.24, 2.45) is 0 Å². The normalized spacial score (nSPS) is 10.9. The second-order valence-corrected chi connectivity index (χ2v) is 5.07. The van der Waals surface area contributed by atoms with Crippen molar-refractivity contribution in [1.82, 2.24) is 14.9 Å². The first-order valence-electron chi connectivity index (χ1n) is 6.94. The highest BCUT2D eigenvalue weighted by atomic mass is 15.1. The van der Waals surface area contributed by atoms with E-state index in [4.69, 9.17) is 0 Å². The van der Waals surface area contributed by atoms with E-state index in [9.17, 15) is 0 Å². The number of benzene rings is 1. The molecule has 0 atom stereocenters. The van der Waals surface area contributed by atoms with Gasteiger partial charge in [0.15, 0.2) is 0 Å². The molecular weight excluding hydrogens is 234 g/mol. The first-order valence-corrected chi connectivity index (χ1v) is 6.94. The number of imidazole rings is 1. The van der Waals surface area contributed by atoms with Crippen LogP contribution in [0.25, 0.3) is 5.69 Å². The van der Waals surface area contributed by atoms with Crippen molar-refractivity contribution in [2.75, 3.05) is 6.54 Å². The highest BCUT2D eigenvalue weighted by Crippen LogP contribution is 2.17. The summed E-state index contributed by atoms with van der Waals surface area (Å²) in [5.74, 6) is 0. The van der Waals surface area contributed by atoms with Crippen LogP contribution in [-0.2, 0) is 6.54 Å². The highest BCUT2D eigenvalue weighted by Gasteiger charge is 2.06. The van der Waals surface area contributed by atoms with Gasteiger partial charge in [0.05, 0.1) is 12.0 Å². The first kappa shape index (κ1) is 13.8. The number of hydrogen-bond donors (Lipinski definition) is 1. The van der Waals surface area contributed by atoms with Gasteiger partial charge in [0, 0.05) is 17.9 Å². The van der Waals surface area contributed by atoms with Crippen LogP contribution in [0.5, 0.6) is 0 Å². The van der Waals surface area contributed by atoms with Gasteiger partial charge in [-0.1, -0.05) is 13.0 Å². The number of rotatable bonds is 5. The van der Waals surface area contributed by atoms with E-state index in [0.29, 0.717) is 0 Å². The third-order valence-corrected chi connectivity index (χ3v) is 3.60. The summed E-state index contributed by atoms with van der Waals surface area (Å²) in [6, 6.07) is 6.61. The minimum absolute atomic E-state index is 0.946. The Morgan fingerprint density at radius 3 is 2.58 bits per heavy atom. The molecule has 0 saturated carbocycles. The maximum absolute atomic E-state index is 4.36. The number of nitrogens with one attached hydrogen (secondary N) is 1. The van der Waals surface area contributed by atoms with Crippen LogP contribution in [0, 0.1) is 20.8 Å². The minimum atomic E-state index is 0.946. The molecule has 0 unspecified atom stereocenters. The number of aromatic nitrogens is 2. The van der Waals surface area contributed by atoms with Crippen molar-refractivity contribution >= 4 is 0 Å². The molecule has 0 aliphatic carbocycles. The Balaban J connectivity index is 2.21. The van der Waals surface area contributed by atoms with Gasteiger partial charge in [0.1, 0.15) is 0 Å². The summed E-state index contributed by atoms with van der Waals surface area (Å²) >= 11 is 0. The van der Waals surface area contributed by atoms with Crippen molar-refractivity contribution in [3.63, 3.8) is 0 Å². The lowest BCUT2D eigenvalue weighted by Gasteiger charge is -2.11. The number of nitrogens with zero attached hydrogens (tertiary/aromatic N) is 2. The van der Waals surface area contributed by atoms with E-state index in [0.717, 1.165) is 18.8 Å². The average Bonchev–Trinajstić information content (AvgIpc) is 2.72. The molecular formula is C16H23N3. The molecule has 0 fully saturated rings. The van der Waals surface area contributed by atoms with Crippen LogP contribution in [0.3, 0.4) is 0 Å². The molecule has 3 heteroatoms. The largest absolute Gasteiger partial charge is 0.313 e. The van der Waals surface area contributed by atoms with Gasteiger partial charge in [-0.15, -0.1) is 0 Å². The predicted octanol–water partition coefficient (Wildman–Crippen LogP) is 3.30. The molecule has 3 nitrogen and oxygen atoms in total. The summed E-state index contributed by atoms with van der Waals surface area (Å²) in [6.45, 7) is 10.5. The highest BCUT2D eigenvalue weighted by molar-refractivity contribution is 5.41. The molecule has 0 amide bonds. The standard InChI is InChI=1S/C16H23N3/c1-5-8-17-10-15-6-7-16(9-12(15)2)19-11-18-13(3)14(19)4/h6-7,9,11,17H,5,8,10H2,1-4H3. The molecule has 1 aromatic carbocycles. The first-order chi connectivity index (χ1) is 9.13. The van der Waals surface area contributed by atoms with Crippen LogP contribution in [-0.4, -0.2) is 16.1 Å². The van der Waals surface area contributed by atoms with E-state index in [1.165, 1.54) is 28.9 Å². The van der Waals surface area contributed by atoms with E-state index >= 15 is 0 Å². The van der Waals surface area contributed by atoms with Gasteiger partial charge < -0.3 is 9.88 Å². The second-order valence-electron chi connectivity index (χ2n) is 5.07. The molecule has 19 heavy (non-hydrogen) atoms. The fraction of sp³-hybridized carbons (Fsp3) is 0.438. The van der Waals surface area contributed by atoms with Crippen LogP contribution in [0.2, 0.25) is 0 Å². The lowest BCUT2D eigenvalue weighted by Crippen LogP contribution is -2.14. The Kier molecular flexibility index (Phi) is 4.38. The van der Waals surface area contributed by atoms with Gasteiger partial charge in [0.2, 0.25) is 0 Å². The topological polar surface area (TPSA) is 29.9 Å². The van der Waals surface area contributed by atoms with Crippen LogP contribution in [0.4, 0.5) is 0 Å². The molecule has 0 aliphatic heterocycles. The quantitative estimate of drug-likeness (QED) is 0.833. The van der Waals surface area contributed by atoms with E-state index in [2.05, 4.69) is 53.8 Å². The summed E-state index contributed by atoms with van der Waals surface area (Å²) in [6.07, 6.45) is 3.07.